The number of methoxy groups -OCH3 is 1. The van der Waals surface area contributed by atoms with Crippen molar-refractivity contribution in [2.75, 3.05) is 31.6 Å². The molecule has 2 aromatic rings. The molecular weight excluding hydrogens is 410 g/mol. The van der Waals surface area contributed by atoms with Crippen LogP contribution in [0.3, 0.4) is 0 Å². The molecule has 1 saturated heterocycles. The summed E-state index contributed by atoms with van der Waals surface area (Å²) >= 11 is 0. The Kier molecular flexibility index (Phi) is 6.08. The second-order valence-electron chi connectivity index (χ2n) is 9.25. The Balaban J connectivity index is 1.46. The zero-order valence-electron chi connectivity index (χ0n) is 19.4. The van der Waals surface area contributed by atoms with E-state index in [9.17, 15) is 4.79 Å². The number of fused-ring (bicyclic) bond motifs is 1. The van der Waals surface area contributed by atoms with E-state index >= 15 is 0 Å². The van der Waals surface area contributed by atoms with Gasteiger partial charge in [-0.05, 0) is 33.8 Å². The average molecular weight is 442 g/mol. The minimum absolute atomic E-state index is 0.123. The van der Waals surface area contributed by atoms with E-state index in [0.29, 0.717) is 31.4 Å². The maximum absolute atomic E-state index is 12.4. The van der Waals surface area contributed by atoms with Gasteiger partial charge in [0.2, 0.25) is 11.8 Å². The van der Waals surface area contributed by atoms with Crippen LogP contribution in [-0.4, -0.2) is 64.4 Å². The van der Waals surface area contributed by atoms with Gasteiger partial charge in [0.15, 0.2) is 0 Å². The third kappa shape index (κ3) is 4.87. The zero-order valence-corrected chi connectivity index (χ0v) is 19.4. The number of likely N-dealkylation sites (tertiary alicyclic amines) is 1. The van der Waals surface area contributed by atoms with Gasteiger partial charge < -0.3 is 24.0 Å². The third-order valence-corrected chi connectivity index (χ3v) is 5.61. The molecule has 2 aliphatic heterocycles. The lowest BCUT2D eigenvalue weighted by molar-refractivity contribution is 0.0274. The summed E-state index contributed by atoms with van der Waals surface area (Å²) in [6.45, 7) is 10.2. The van der Waals surface area contributed by atoms with Crippen molar-refractivity contribution in [1.29, 1.82) is 0 Å². The summed E-state index contributed by atoms with van der Waals surface area (Å²) in [6, 6.07) is 2.08. The van der Waals surface area contributed by atoms with E-state index in [1.54, 1.807) is 18.3 Å². The molecule has 0 bridgehead atoms. The van der Waals surface area contributed by atoms with E-state index in [-0.39, 0.29) is 12.2 Å². The number of carbonyl (C=O) groups excluding carboxylic acids is 1. The molecule has 9 heteroatoms. The number of hydrogen-bond donors (Lipinski definition) is 0. The number of carbonyl (C=O) groups is 1. The standard InChI is InChI=1S/C23H31N5O4/c1-15-10-16(11-24-20(15)30-5)27-9-7-19-18(13-27)21(26-14-25-19)31-17-6-8-28(12-17)22(29)32-23(2,3)4/h10-11,14,17H,6-9,12-13H2,1-5H3. The predicted octanol–water partition coefficient (Wildman–Crippen LogP) is 3.14. The molecule has 4 heterocycles. The van der Waals surface area contributed by atoms with Crippen molar-refractivity contribution >= 4 is 11.8 Å². The minimum Gasteiger partial charge on any atom is -0.481 e. The molecule has 4 rings (SSSR count). The van der Waals surface area contributed by atoms with Gasteiger partial charge in [0, 0.05) is 31.5 Å². The van der Waals surface area contributed by atoms with Crippen molar-refractivity contribution < 1.29 is 19.0 Å². The van der Waals surface area contributed by atoms with Crippen LogP contribution in [0, 0.1) is 6.92 Å². The second kappa shape index (κ2) is 8.80. The number of pyridine rings is 1. The Morgan fingerprint density at radius 1 is 1.16 bits per heavy atom. The number of rotatable bonds is 4. The molecular formula is C23H31N5O4. The Morgan fingerprint density at radius 3 is 2.69 bits per heavy atom. The number of hydrogen-bond acceptors (Lipinski definition) is 8. The van der Waals surface area contributed by atoms with Gasteiger partial charge in [-0.25, -0.2) is 19.7 Å². The van der Waals surface area contributed by atoms with Gasteiger partial charge in [0.05, 0.1) is 43.3 Å². The lowest BCUT2D eigenvalue weighted by Gasteiger charge is -2.31. The zero-order chi connectivity index (χ0) is 22.9. The van der Waals surface area contributed by atoms with Gasteiger partial charge in [-0.15, -0.1) is 0 Å². The first kappa shape index (κ1) is 22.1. The van der Waals surface area contributed by atoms with E-state index < -0.39 is 5.60 Å². The van der Waals surface area contributed by atoms with Crippen LogP contribution < -0.4 is 14.4 Å². The largest absolute Gasteiger partial charge is 0.481 e. The summed E-state index contributed by atoms with van der Waals surface area (Å²) in [6.07, 6.45) is 4.50. The van der Waals surface area contributed by atoms with Crippen LogP contribution in [0.1, 0.15) is 44.0 Å². The molecule has 0 N–H and O–H groups in total. The molecule has 0 radical (unpaired) electrons. The number of nitrogens with zero attached hydrogens (tertiary/aromatic N) is 5. The molecule has 2 aromatic heterocycles. The van der Waals surface area contributed by atoms with Crippen molar-refractivity contribution in [2.45, 2.75) is 58.8 Å². The second-order valence-corrected chi connectivity index (χ2v) is 9.25. The summed E-state index contributed by atoms with van der Waals surface area (Å²) < 4.78 is 17.0. The van der Waals surface area contributed by atoms with Crippen LogP contribution in [-0.2, 0) is 17.7 Å². The smallest absolute Gasteiger partial charge is 0.410 e. The summed E-state index contributed by atoms with van der Waals surface area (Å²) in [5, 5.41) is 0. The van der Waals surface area contributed by atoms with Crippen LogP contribution in [0.25, 0.3) is 0 Å². The topological polar surface area (TPSA) is 89.9 Å². The fourth-order valence-corrected chi connectivity index (χ4v) is 4.05. The Hall–Kier alpha value is -3.10. The van der Waals surface area contributed by atoms with Gasteiger partial charge in [0.1, 0.15) is 18.0 Å². The van der Waals surface area contributed by atoms with Crippen LogP contribution in [0.2, 0.25) is 0 Å². The van der Waals surface area contributed by atoms with Crippen molar-refractivity contribution in [3.8, 4) is 11.8 Å². The Morgan fingerprint density at radius 2 is 1.97 bits per heavy atom. The molecule has 32 heavy (non-hydrogen) atoms. The Bertz CT molecular complexity index is 991. The average Bonchev–Trinajstić information content (AvgIpc) is 3.21. The lowest BCUT2D eigenvalue weighted by atomic mass is 10.1. The van der Waals surface area contributed by atoms with E-state index in [2.05, 4.69) is 25.9 Å². The molecule has 1 fully saturated rings. The first-order valence-electron chi connectivity index (χ1n) is 11.0. The summed E-state index contributed by atoms with van der Waals surface area (Å²) in [5.74, 6) is 1.23. The van der Waals surface area contributed by atoms with Gasteiger partial charge >= 0.3 is 6.09 Å². The first-order chi connectivity index (χ1) is 15.2. The lowest BCUT2D eigenvalue weighted by Crippen LogP contribution is -2.36. The van der Waals surface area contributed by atoms with Gasteiger partial charge in [0.25, 0.3) is 0 Å². The van der Waals surface area contributed by atoms with E-state index in [4.69, 9.17) is 14.2 Å². The minimum atomic E-state index is -0.514. The highest BCUT2D eigenvalue weighted by molar-refractivity contribution is 5.68. The molecule has 172 valence electrons. The monoisotopic (exact) mass is 441 g/mol. The van der Waals surface area contributed by atoms with Crippen molar-refractivity contribution in [3.05, 3.63) is 35.4 Å². The summed E-state index contributed by atoms with van der Waals surface area (Å²) in [7, 11) is 1.63. The highest BCUT2D eigenvalue weighted by Crippen LogP contribution is 2.31. The number of ether oxygens (including phenoxy) is 3. The fourth-order valence-electron chi connectivity index (χ4n) is 4.05. The van der Waals surface area contributed by atoms with Crippen molar-refractivity contribution in [1.82, 2.24) is 19.9 Å². The first-order valence-corrected chi connectivity index (χ1v) is 11.0. The molecule has 1 amide bonds. The van der Waals surface area contributed by atoms with Gasteiger partial charge in [-0.3, -0.25) is 0 Å². The van der Waals surface area contributed by atoms with Gasteiger partial charge in [-0.1, -0.05) is 0 Å². The molecule has 1 atom stereocenters. The number of amides is 1. The molecule has 2 aliphatic rings. The number of anilines is 1. The maximum atomic E-state index is 12.4. The molecule has 0 spiro atoms. The van der Waals surface area contributed by atoms with E-state index in [1.165, 1.54) is 0 Å². The fraction of sp³-hybridized carbons (Fsp3) is 0.565. The van der Waals surface area contributed by atoms with E-state index in [1.807, 2.05) is 33.9 Å². The molecule has 0 saturated carbocycles. The third-order valence-electron chi connectivity index (χ3n) is 5.61. The van der Waals surface area contributed by atoms with Gasteiger partial charge in [-0.2, -0.15) is 0 Å². The molecule has 1 unspecified atom stereocenters. The predicted molar refractivity (Wildman–Crippen MR) is 119 cm³/mol. The summed E-state index contributed by atoms with van der Waals surface area (Å²) in [5.41, 5.74) is 3.50. The van der Waals surface area contributed by atoms with Crippen LogP contribution in [0.4, 0.5) is 10.5 Å². The maximum Gasteiger partial charge on any atom is 0.410 e. The highest BCUT2D eigenvalue weighted by Gasteiger charge is 2.32. The van der Waals surface area contributed by atoms with Crippen LogP contribution in [0.5, 0.6) is 11.8 Å². The Labute approximate surface area is 188 Å². The van der Waals surface area contributed by atoms with E-state index in [0.717, 1.165) is 41.9 Å². The SMILES string of the molecule is COc1ncc(N2CCc3ncnc(OC4CCN(C(=O)OC(C)(C)C)C4)c3C2)cc1C. The van der Waals surface area contributed by atoms with Crippen LogP contribution in [0.15, 0.2) is 18.6 Å². The van der Waals surface area contributed by atoms with Crippen molar-refractivity contribution in [2.24, 2.45) is 0 Å². The molecule has 0 aromatic carbocycles. The quantitative estimate of drug-likeness (QED) is 0.715. The highest BCUT2D eigenvalue weighted by atomic mass is 16.6. The normalized spacial score (nSPS) is 18.3. The van der Waals surface area contributed by atoms with Crippen LogP contribution >= 0.6 is 0 Å². The molecule has 0 aliphatic carbocycles. The van der Waals surface area contributed by atoms with Crippen molar-refractivity contribution in [3.63, 3.8) is 0 Å². The number of aryl methyl sites for hydroxylation is 1. The molecule has 9 nitrogen and oxygen atoms in total. The summed E-state index contributed by atoms with van der Waals surface area (Å²) in [4.78, 5) is 29.6. The number of aromatic nitrogens is 3.